The Morgan fingerprint density at radius 1 is 1.23 bits per heavy atom. The quantitative estimate of drug-likeness (QED) is 0.759. The van der Waals surface area contributed by atoms with Crippen molar-refractivity contribution in [2.24, 2.45) is 0 Å². The summed E-state index contributed by atoms with van der Waals surface area (Å²) in [6.07, 6.45) is 1.09. The van der Waals surface area contributed by atoms with E-state index in [0.29, 0.717) is 5.75 Å². The molecule has 0 fully saturated rings. The summed E-state index contributed by atoms with van der Waals surface area (Å²) in [5.74, 6) is 1.30. The number of ether oxygens (including phenoxy) is 1. The number of methoxy groups -OCH3 is 1. The van der Waals surface area contributed by atoms with E-state index in [-0.39, 0.29) is 11.9 Å². The average Bonchev–Trinajstić information content (AvgIpc) is 2.66. The molecular weight excluding hydrogens is 344 g/mol. The maximum atomic E-state index is 12.2. The minimum Gasteiger partial charge on any atom is -0.497 e. The van der Waals surface area contributed by atoms with Gasteiger partial charge in [0.25, 0.3) is 0 Å². The number of hydrogen-bond donors (Lipinski definition) is 1. The van der Waals surface area contributed by atoms with Gasteiger partial charge in [-0.1, -0.05) is 30.3 Å². The second-order valence-corrected chi connectivity index (χ2v) is 7.74. The molecule has 1 atom stereocenters. The zero-order valence-electron chi connectivity index (χ0n) is 15.4. The van der Waals surface area contributed by atoms with Crippen LogP contribution in [0.25, 0.3) is 0 Å². The van der Waals surface area contributed by atoms with Gasteiger partial charge in [-0.25, -0.2) is 0 Å². The SMILES string of the molecule is COc1cccc(SCC(=O)N[C@H](C)CN2CCc3ccccc3C2)c1. The van der Waals surface area contributed by atoms with Crippen molar-refractivity contribution in [2.45, 2.75) is 30.8 Å². The van der Waals surface area contributed by atoms with Crippen LogP contribution in [-0.4, -0.2) is 42.8 Å². The maximum Gasteiger partial charge on any atom is 0.230 e. The van der Waals surface area contributed by atoms with Crippen molar-refractivity contribution < 1.29 is 9.53 Å². The summed E-state index contributed by atoms with van der Waals surface area (Å²) in [6.45, 7) is 4.98. The molecule has 1 aliphatic rings. The number of hydrogen-bond acceptors (Lipinski definition) is 4. The van der Waals surface area contributed by atoms with E-state index < -0.39 is 0 Å². The molecule has 5 heteroatoms. The van der Waals surface area contributed by atoms with Crippen LogP contribution in [0, 0.1) is 0 Å². The second kappa shape index (κ2) is 9.10. The molecule has 2 aromatic carbocycles. The third-order valence-electron chi connectivity index (χ3n) is 4.56. The van der Waals surface area contributed by atoms with Crippen LogP contribution in [0.2, 0.25) is 0 Å². The van der Waals surface area contributed by atoms with Crippen molar-refractivity contribution in [1.29, 1.82) is 0 Å². The van der Waals surface area contributed by atoms with Gasteiger partial charge in [0.15, 0.2) is 0 Å². The van der Waals surface area contributed by atoms with Gasteiger partial charge >= 0.3 is 0 Å². The first-order valence-corrected chi connectivity index (χ1v) is 9.98. The van der Waals surface area contributed by atoms with Gasteiger partial charge in [0, 0.05) is 30.6 Å². The van der Waals surface area contributed by atoms with Crippen molar-refractivity contribution in [1.82, 2.24) is 10.2 Å². The fraction of sp³-hybridized carbons (Fsp3) is 0.381. The molecule has 4 nitrogen and oxygen atoms in total. The fourth-order valence-corrected chi connectivity index (χ4v) is 4.05. The molecule has 1 N–H and O–H groups in total. The van der Waals surface area contributed by atoms with E-state index in [1.54, 1.807) is 7.11 Å². The third kappa shape index (κ3) is 5.26. The monoisotopic (exact) mass is 370 g/mol. The Kier molecular flexibility index (Phi) is 6.58. The molecule has 0 spiro atoms. The molecule has 1 aliphatic heterocycles. The minimum atomic E-state index is 0.0720. The highest BCUT2D eigenvalue weighted by Gasteiger charge is 2.18. The molecule has 0 radical (unpaired) electrons. The van der Waals surface area contributed by atoms with Gasteiger partial charge in [0.05, 0.1) is 12.9 Å². The summed E-state index contributed by atoms with van der Waals surface area (Å²) in [7, 11) is 1.65. The fourth-order valence-electron chi connectivity index (χ4n) is 3.30. The van der Waals surface area contributed by atoms with Gasteiger partial charge < -0.3 is 10.1 Å². The molecule has 138 valence electrons. The molecule has 0 saturated carbocycles. The predicted octanol–water partition coefficient (Wildman–Crippen LogP) is 3.35. The Hall–Kier alpha value is -1.98. The maximum absolute atomic E-state index is 12.2. The lowest BCUT2D eigenvalue weighted by Crippen LogP contribution is -2.44. The Bertz CT molecular complexity index is 750. The summed E-state index contributed by atoms with van der Waals surface area (Å²) >= 11 is 1.53. The van der Waals surface area contributed by atoms with Crippen LogP contribution in [0.15, 0.2) is 53.4 Å². The van der Waals surface area contributed by atoms with E-state index in [2.05, 4.69) is 41.4 Å². The normalized spacial score (nSPS) is 15.2. The number of rotatable bonds is 7. The van der Waals surface area contributed by atoms with Gasteiger partial charge in [0.1, 0.15) is 5.75 Å². The summed E-state index contributed by atoms with van der Waals surface area (Å²) in [5.41, 5.74) is 2.86. The number of carbonyl (C=O) groups is 1. The lowest BCUT2D eigenvalue weighted by atomic mass is 10.00. The number of benzene rings is 2. The van der Waals surface area contributed by atoms with E-state index in [1.165, 1.54) is 22.9 Å². The lowest BCUT2D eigenvalue weighted by Gasteiger charge is -2.31. The largest absolute Gasteiger partial charge is 0.497 e. The number of nitrogens with one attached hydrogen (secondary N) is 1. The zero-order valence-corrected chi connectivity index (χ0v) is 16.2. The highest BCUT2D eigenvalue weighted by Crippen LogP contribution is 2.22. The van der Waals surface area contributed by atoms with Crippen molar-refractivity contribution in [2.75, 3.05) is 26.0 Å². The topological polar surface area (TPSA) is 41.6 Å². The van der Waals surface area contributed by atoms with Crippen LogP contribution in [0.1, 0.15) is 18.1 Å². The third-order valence-corrected chi connectivity index (χ3v) is 5.55. The number of carbonyl (C=O) groups excluding carboxylic acids is 1. The number of fused-ring (bicyclic) bond motifs is 1. The predicted molar refractivity (Wildman–Crippen MR) is 107 cm³/mol. The van der Waals surface area contributed by atoms with E-state index in [9.17, 15) is 4.79 Å². The van der Waals surface area contributed by atoms with Gasteiger partial charge in [-0.05, 0) is 42.7 Å². The van der Waals surface area contributed by atoms with Crippen LogP contribution in [0.4, 0.5) is 0 Å². The molecule has 0 saturated heterocycles. The summed E-state index contributed by atoms with van der Waals surface area (Å²) < 4.78 is 5.22. The van der Waals surface area contributed by atoms with E-state index >= 15 is 0 Å². The number of amides is 1. The van der Waals surface area contributed by atoms with Gasteiger partial charge in [-0.2, -0.15) is 0 Å². The Morgan fingerprint density at radius 3 is 2.85 bits per heavy atom. The van der Waals surface area contributed by atoms with Crippen molar-refractivity contribution in [3.8, 4) is 5.75 Å². The minimum absolute atomic E-state index is 0.0720. The molecule has 1 heterocycles. The Morgan fingerprint density at radius 2 is 2.04 bits per heavy atom. The van der Waals surface area contributed by atoms with Gasteiger partial charge in [0.2, 0.25) is 5.91 Å². The first kappa shape index (κ1) is 18.8. The van der Waals surface area contributed by atoms with Crippen LogP contribution in [-0.2, 0) is 17.8 Å². The Balaban J connectivity index is 1.43. The van der Waals surface area contributed by atoms with Crippen LogP contribution in [0.3, 0.4) is 0 Å². The van der Waals surface area contributed by atoms with E-state index in [1.807, 2.05) is 24.3 Å². The van der Waals surface area contributed by atoms with Gasteiger partial charge in [-0.3, -0.25) is 9.69 Å². The van der Waals surface area contributed by atoms with Crippen LogP contribution < -0.4 is 10.1 Å². The Labute approximate surface area is 159 Å². The smallest absolute Gasteiger partial charge is 0.230 e. The molecule has 3 rings (SSSR count). The summed E-state index contributed by atoms with van der Waals surface area (Å²) in [5, 5.41) is 3.12. The lowest BCUT2D eigenvalue weighted by molar-refractivity contribution is -0.119. The van der Waals surface area contributed by atoms with Crippen molar-refractivity contribution in [3.63, 3.8) is 0 Å². The molecule has 1 amide bonds. The highest BCUT2D eigenvalue weighted by atomic mass is 32.2. The molecular formula is C21H26N2O2S. The first-order chi connectivity index (χ1) is 12.6. The number of thioether (sulfide) groups is 1. The first-order valence-electron chi connectivity index (χ1n) is 8.99. The van der Waals surface area contributed by atoms with Crippen LogP contribution >= 0.6 is 11.8 Å². The van der Waals surface area contributed by atoms with E-state index in [4.69, 9.17) is 4.74 Å². The standard InChI is InChI=1S/C21H26N2O2S/c1-16(13-23-11-10-17-6-3-4-7-18(17)14-23)22-21(24)15-26-20-9-5-8-19(12-20)25-2/h3-9,12,16H,10-11,13-15H2,1-2H3,(H,22,24)/t16-/m1/s1. The highest BCUT2D eigenvalue weighted by molar-refractivity contribution is 8.00. The van der Waals surface area contributed by atoms with Crippen LogP contribution in [0.5, 0.6) is 5.75 Å². The second-order valence-electron chi connectivity index (χ2n) is 6.69. The molecule has 0 bridgehead atoms. The number of nitrogens with zero attached hydrogens (tertiary/aromatic N) is 1. The van der Waals surface area contributed by atoms with Gasteiger partial charge in [-0.15, -0.1) is 11.8 Å². The van der Waals surface area contributed by atoms with Crippen molar-refractivity contribution in [3.05, 3.63) is 59.7 Å². The molecule has 0 aliphatic carbocycles. The molecule has 26 heavy (non-hydrogen) atoms. The molecule has 0 unspecified atom stereocenters. The molecule has 0 aromatic heterocycles. The van der Waals surface area contributed by atoms with E-state index in [0.717, 1.165) is 36.7 Å². The summed E-state index contributed by atoms with van der Waals surface area (Å²) in [6, 6.07) is 16.6. The average molecular weight is 371 g/mol. The zero-order chi connectivity index (χ0) is 18.4. The summed E-state index contributed by atoms with van der Waals surface area (Å²) in [4.78, 5) is 15.7. The van der Waals surface area contributed by atoms with Crippen molar-refractivity contribution >= 4 is 17.7 Å². The molecule has 2 aromatic rings.